The number of hydrogen-bond acceptors (Lipinski definition) is 7. The summed E-state index contributed by atoms with van der Waals surface area (Å²) in [6, 6.07) is -0.0692. The van der Waals surface area contributed by atoms with Gasteiger partial charge in [-0.2, -0.15) is 0 Å². The van der Waals surface area contributed by atoms with Crippen LogP contribution in [0.1, 0.15) is 59.9 Å². The molecule has 4 N–H and O–H groups in total. The number of aliphatic hydroxyl groups excluding tert-OH is 1. The second-order valence-corrected chi connectivity index (χ2v) is 12.2. The van der Waals surface area contributed by atoms with Crippen LogP contribution in [0.25, 0.3) is 10.9 Å². The van der Waals surface area contributed by atoms with Crippen molar-refractivity contribution >= 4 is 40.6 Å². The maximum atomic E-state index is 14.3. The Hall–Kier alpha value is -4.31. The van der Waals surface area contributed by atoms with Crippen molar-refractivity contribution < 1.29 is 47.7 Å². The van der Waals surface area contributed by atoms with Gasteiger partial charge < -0.3 is 40.0 Å². The molecule has 1 aromatic carbocycles. The molecule has 1 aliphatic heterocycles. The summed E-state index contributed by atoms with van der Waals surface area (Å²) in [6.45, 7) is 1.89. The molecule has 2 aromatic rings. The first-order valence-corrected chi connectivity index (χ1v) is 16.2. The Bertz CT molecular complexity index is 1520. The molecule has 1 aliphatic carbocycles. The van der Waals surface area contributed by atoms with Crippen LogP contribution in [-0.4, -0.2) is 131 Å². The summed E-state index contributed by atoms with van der Waals surface area (Å²) in [6.07, 6.45) is 3.03. The van der Waals surface area contributed by atoms with E-state index < -0.39 is 47.5 Å². The molecule has 0 radical (unpaired) electrons. The molecule has 2 aliphatic rings. The second kappa shape index (κ2) is 16.2. The van der Waals surface area contributed by atoms with Gasteiger partial charge in [-0.15, -0.1) is 0 Å². The van der Waals surface area contributed by atoms with E-state index in [0.29, 0.717) is 0 Å². The third-order valence-corrected chi connectivity index (χ3v) is 9.26. The van der Waals surface area contributed by atoms with E-state index in [2.05, 4.69) is 10.6 Å². The number of benzene rings is 1. The van der Waals surface area contributed by atoms with Crippen LogP contribution < -0.4 is 10.6 Å². The quantitative estimate of drug-likeness (QED) is 0.245. The van der Waals surface area contributed by atoms with Crippen LogP contribution >= 0.6 is 0 Å². The predicted octanol–water partition coefficient (Wildman–Crippen LogP) is 1.54. The van der Waals surface area contributed by atoms with Gasteiger partial charge in [-0.25, -0.2) is 13.6 Å². The van der Waals surface area contributed by atoms with Gasteiger partial charge in [0.1, 0.15) is 17.8 Å². The van der Waals surface area contributed by atoms with E-state index in [1.54, 1.807) is 4.90 Å². The van der Waals surface area contributed by atoms with Crippen LogP contribution in [0.2, 0.25) is 0 Å². The Balaban J connectivity index is 1.52. The lowest BCUT2D eigenvalue weighted by molar-refractivity contribution is -0.140. The minimum atomic E-state index is -1.27. The van der Waals surface area contributed by atoms with Crippen molar-refractivity contribution in [3.8, 4) is 0 Å². The van der Waals surface area contributed by atoms with E-state index in [1.165, 1.54) is 30.5 Å². The average Bonchev–Trinajstić information content (AvgIpc) is 3.36. The Morgan fingerprint density at radius 2 is 1.62 bits per heavy atom. The van der Waals surface area contributed by atoms with Crippen molar-refractivity contribution in [3.63, 3.8) is 0 Å². The SMILES string of the molecule is CC(C(=O)NC(C(=O)N1CCN(C(=O)c2c(C(=O)NCCOCCO)c3cc(F)c(F)cc3n2C)CC1)C1CCCCC1)N(C)C(=O)O. The first-order valence-electron chi connectivity index (χ1n) is 16.2. The number of carboxylic acid groups (broad SMARTS) is 1. The van der Waals surface area contributed by atoms with Crippen LogP contribution in [0.3, 0.4) is 0 Å². The predicted molar refractivity (Wildman–Crippen MR) is 169 cm³/mol. The lowest BCUT2D eigenvalue weighted by Crippen LogP contribution is -2.59. The molecule has 14 nitrogen and oxygen atoms in total. The topological polar surface area (TPSA) is 174 Å². The zero-order valence-corrected chi connectivity index (χ0v) is 27.5. The van der Waals surface area contributed by atoms with Crippen molar-refractivity contribution in [2.45, 2.75) is 51.1 Å². The number of hydrogen-bond donors (Lipinski definition) is 4. The highest BCUT2D eigenvalue weighted by molar-refractivity contribution is 6.16. The van der Waals surface area contributed by atoms with Crippen LogP contribution in [0.15, 0.2) is 12.1 Å². The van der Waals surface area contributed by atoms with Gasteiger partial charge >= 0.3 is 6.09 Å². The van der Waals surface area contributed by atoms with E-state index in [-0.39, 0.29) is 86.5 Å². The number of fused-ring (bicyclic) bond motifs is 1. The van der Waals surface area contributed by atoms with Crippen LogP contribution in [0.5, 0.6) is 0 Å². The number of ether oxygens (including phenoxy) is 1. The lowest BCUT2D eigenvalue weighted by Gasteiger charge is -2.39. The van der Waals surface area contributed by atoms with E-state index >= 15 is 0 Å². The lowest BCUT2D eigenvalue weighted by atomic mass is 9.83. The highest BCUT2D eigenvalue weighted by Gasteiger charge is 2.38. The van der Waals surface area contributed by atoms with E-state index in [9.17, 15) is 37.9 Å². The second-order valence-electron chi connectivity index (χ2n) is 12.2. The zero-order chi connectivity index (χ0) is 35.1. The number of carbonyl (C=O) groups is 5. The van der Waals surface area contributed by atoms with Gasteiger partial charge in [0.25, 0.3) is 11.8 Å². The van der Waals surface area contributed by atoms with Crippen molar-refractivity contribution in [1.82, 2.24) is 29.9 Å². The fourth-order valence-electron chi connectivity index (χ4n) is 6.34. The molecule has 1 saturated carbocycles. The molecule has 48 heavy (non-hydrogen) atoms. The van der Waals surface area contributed by atoms with Gasteiger partial charge in [0.15, 0.2) is 11.6 Å². The van der Waals surface area contributed by atoms with Crippen molar-refractivity contribution in [1.29, 1.82) is 0 Å². The summed E-state index contributed by atoms with van der Waals surface area (Å²) in [7, 11) is 2.76. The summed E-state index contributed by atoms with van der Waals surface area (Å²) >= 11 is 0. The molecule has 1 aromatic heterocycles. The summed E-state index contributed by atoms with van der Waals surface area (Å²) < 4.78 is 35.1. The number of nitrogens with zero attached hydrogens (tertiary/aromatic N) is 4. The number of rotatable bonds is 12. The van der Waals surface area contributed by atoms with Gasteiger partial charge in [0.05, 0.1) is 30.9 Å². The van der Waals surface area contributed by atoms with Crippen LogP contribution in [0, 0.1) is 17.6 Å². The largest absolute Gasteiger partial charge is 0.465 e. The number of aromatic nitrogens is 1. The molecule has 16 heteroatoms. The Morgan fingerprint density at radius 3 is 2.25 bits per heavy atom. The van der Waals surface area contributed by atoms with Gasteiger partial charge in [0, 0.05) is 58.3 Å². The van der Waals surface area contributed by atoms with Gasteiger partial charge in [0.2, 0.25) is 11.8 Å². The van der Waals surface area contributed by atoms with Gasteiger partial charge in [-0.3, -0.25) is 24.1 Å². The van der Waals surface area contributed by atoms with Crippen LogP contribution in [-0.2, 0) is 21.4 Å². The number of aliphatic hydroxyl groups is 1. The fraction of sp³-hybridized carbons (Fsp3) is 0.594. The van der Waals surface area contributed by atoms with Crippen LogP contribution in [0.4, 0.5) is 13.6 Å². The number of piperazine rings is 1. The molecule has 1 saturated heterocycles. The summed E-state index contributed by atoms with van der Waals surface area (Å²) in [4.78, 5) is 69.6. The van der Waals surface area contributed by atoms with Gasteiger partial charge in [-0.05, 0) is 31.7 Å². The molecule has 2 fully saturated rings. The molecular formula is C32H44F2N6O8. The number of carbonyl (C=O) groups excluding carboxylic acids is 4. The first kappa shape index (κ1) is 36.5. The summed E-state index contributed by atoms with van der Waals surface area (Å²) in [5, 5.41) is 23.7. The normalized spacial score (nSPS) is 16.8. The molecular weight excluding hydrogens is 634 g/mol. The average molecular weight is 679 g/mol. The Labute approximate surface area is 276 Å². The van der Waals surface area contributed by atoms with Crippen molar-refractivity contribution in [2.75, 3.05) is 59.6 Å². The standard InChI is InChI=1S/C32H44F2N6O8/c1-19(37(2)32(46)47)28(42)36-26(20-7-5-4-6-8-20)30(44)39-10-12-40(13-11-39)31(45)27-25(29(43)35-9-15-48-16-14-41)21-17-22(33)23(34)18-24(21)38(27)3/h17-20,26,41H,4-16H2,1-3H3,(H,35,43)(H,36,42)(H,46,47). The number of halogens is 2. The molecule has 4 rings (SSSR count). The summed E-state index contributed by atoms with van der Waals surface area (Å²) in [5.74, 6) is -4.58. The Kier molecular flexibility index (Phi) is 12.3. The highest BCUT2D eigenvalue weighted by atomic mass is 19.2. The summed E-state index contributed by atoms with van der Waals surface area (Å²) in [5.41, 5.74) is -0.0633. The maximum Gasteiger partial charge on any atom is 0.407 e. The minimum absolute atomic E-state index is 0.0391. The van der Waals surface area contributed by atoms with Crippen molar-refractivity contribution in [3.05, 3.63) is 35.0 Å². The maximum absolute atomic E-state index is 14.3. The molecule has 2 atom stereocenters. The monoisotopic (exact) mass is 678 g/mol. The molecule has 2 heterocycles. The fourth-order valence-corrected chi connectivity index (χ4v) is 6.34. The molecule has 2 unspecified atom stereocenters. The molecule has 264 valence electrons. The number of likely N-dealkylation sites (N-methyl/N-ethyl adjacent to an activating group) is 1. The number of aryl methyl sites for hydroxylation is 1. The first-order chi connectivity index (χ1) is 22.9. The Morgan fingerprint density at radius 1 is 1.00 bits per heavy atom. The highest BCUT2D eigenvalue weighted by Crippen LogP contribution is 2.30. The van der Waals surface area contributed by atoms with Gasteiger partial charge in [-0.1, -0.05) is 19.3 Å². The third kappa shape index (κ3) is 8.03. The minimum Gasteiger partial charge on any atom is -0.465 e. The third-order valence-electron chi connectivity index (χ3n) is 9.26. The van der Waals surface area contributed by atoms with E-state index in [1.807, 2.05) is 0 Å². The number of nitrogens with one attached hydrogen (secondary N) is 2. The molecule has 0 spiro atoms. The van der Waals surface area contributed by atoms with E-state index in [4.69, 9.17) is 9.84 Å². The zero-order valence-electron chi connectivity index (χ0n) is 27.5. The van der Waals surface area contributed by atoms with E-state index in [0.717, 1.165) is 49.1 Å². The number of amides is 5. The molecule has 0 bridgehead atoms. The van der Waals surface area contributed by atoms with Crippen molar-refractivity contribution in [2.24, 2.45) is 13.0 Å². The molecule has 5 amide bonds. The smallest absolute Gasteiger partial charge is 0.407 e.